The molecule has 0 N–H and O–H groups in total. The molecule has 0 radical (unpaired) electrons. The zero-order chi connectivity index (χ0) is 28.0. The number of ether oxygens (including phenoxy) is 2. The van der Waals surface area contributed by atoms with Gasteiger partial charge in [-0.2, -0.15) is 0 Å². The van der Waals surface area contributed by atoms with Crippen molar-refractivity contribution in [1.82, 2.24) is 5.16 Å². The number of methoxy groups -OCH3 is 1. The van der Waals surface area contributed by atoms with E-state index in [2.05, 4.69) is 39.8 Å². The first kappa shape index (κ1) is 25.5. The third-order valence-electron chi connectivity index (χ3n) is 13.5. The smallest absolute Gasteiger partial charge is 0.319 e. The van der Waals surface area contributed by atoms with Gasteiger partial charge in [-0.15, -0.1) is 0 Å². The third-order valence-corrected chi connectivity index (χ3v) is 13.5. The fourth-order valence-electron chi connectivity index (χ4n) is 11.2. The van der Waals surface area contributed by atoms with Crippen LogP contribution in [-0.4, -0.2) is 35.6 Å². The standard InChI is InChI=1S/C32H41NO6/c1-26(2)10-12-31-13-11-29(5)28(4)9-8-19-27(3,15-18-17-33-39-23(18)30(19,6)24(35)37-7)20(28)14-22(34)32(29,21(31)16-26)38-25(31)36/h14,17,19,21H,8-13,15-16H2,1-7H3/t19-,21-,27+,28-,29+,30+,31+,32-/m1/s1. The molecule has 1 spiro atoms. The summed E-state index contributed by atoms with van der Waals surface area (Å²) >= 11 is 0. The molecule has 2 bridgehead atoms. The average molecular weight is 536 g/mol. The molecule has 7 nitrogen and oxygen atoms in total. The highest BCUT2D eigenvalue weighted by molar-refractivity contribution is 6.05. The number of carbonyl (C=O) groups is 3. The fraction of sp³-hybridized carbons (Fsp3) is 0.750. The molecule has 1 saturated heterocycles. The molecule has 3 saturated carbocycles. The van der Waals surface area contributed by atoms with E-state index < -0.39 is 27.3 Å². The fourth-order valence-corrected chi connectivity index (χ4v) is 11.2. The van der Waals surface area contributed by atoms with E-state index >= 15 is 0 Å². The molecule has 1 aromatic rings. The zero-order valence-electron chi connectivity index (χ0n) is 24.4. The van der Waals surface area contributed by atoms with Crippen LogP contribution in [0.4, 0.5) is 0 Å². The molecule has 8 atom stereocenters. The number of esters is 2. The largest absolute Gasteiger partial charge is 0.468 e. The minimum atomic E-state index is -1.13. The van der Waals surface area contributed by atoms with Crippen LogP contribution < -0.4 is 0 Å². The van der Waals surface area contributed by atoms with E-state index in [0.29, 0.717) is 12.2 Å². The number of aromatic nitrogens is 1. The predicted octanol–water partition coefficient (Wildman–Crippen LogP) is 5.50. The van der Waals surface area contributed by atoms with Gasteiger partial charge in [-0.1, -0.05) is 45.3 Å². The van der Waals surface area contributed by atoms with Crippen LogP contribution in [0.3, 0.4) is 0 Å². The molecular weight excluding hydrogens is 494 g/mol. The Kier molecular flexibility index (Phi) is 4.62. The Labute approximate surface area is 230 Å². The molecule has 0 amide bonds. The Morgan fingerprint density at radius 3 is 2.44 bits per heavy atom. The van der Waals surface area contributed by atoms with E-state index in [-0.39, 0.29) is 40.4 Å². The minimum absolute atomic E-state index is 0.0483. The first-order valence-electron chi connectivity index (χ1n) is 14.7. The van der Waals surface area contributed by atoms with Gasteiger partial charge in [0.15, 0.2) is 17.1 Å². The van der Waals surface area contributed by atoms with Crippen molar-refractivity contribution in [3.63, 3.8) is 0 Å². The van der Waals surface area contributed by atoms with E-state index in [1.807, 2.05) is 13.0 Å². The number of rotatable bonds is 1. The lowest BCUT2D eigenvalue weighted by Gasteiger charge is -2.69. The van der Waals surface area contributed by atoms with Gasteiger partial charge in [0.1, 0.15) is 5.41 Å². The summed E-state index contributed by atoms with van der Waals surface area (Å²) in [5, 5.41) is 4.09. The maximum absolute atomic E-state index is 14.7. The number of fused-ring (bicyclic) bond motifs is 5. The SMILES string of the molecule is COC(=O)[C@]1(C)c2oncc2C[C@]2(C)C3=CC(=O)[C@]45OC(=O)[C@@]6(CCC(C)(C)C[C@H]64)CC[C@@]5(C)[C@]3(C)CC[C@H]21. The van der Waals surface area contributed by atoms with Gasteiger partial charge >= 0.3 is 11.9 Å². The van der Waals surface area contributed by atoms with Gasteiger partial charge in [-0.3, -0.25) is 14.4 Å². The van der Waals surface area contributed by atoms with Crippen LogP contribution in [0.5, 0.6) is 0 Å². The molecule has 1 aliphatic heterocycles. The summed E-state index contributed by atoms with van der Waals surface area (Å²) < 4.78 is 17.6. The van der Waals surface area contributed by atoms with Gasteiger partial charge in [0.25, 0.3) is 0 Å². The molecule has 1 aromatic heterocycles. The molecule has 7 heteroatoms. The number of nitrogens with zero attached hydrogens (tertiary/aromatic N) is 1. The van der Waals surface area contributed by atoms with Crippen LogP contribution in [0.2, 0.25) is 0 Å². The second-order valence-corrected chi connectivity index (χ2v) is 15.3. The van der Waals surface area contributed by atoms with Gasteiger partial charge in [0, 0.05) is 16.9 Å². The molecule has 210 valence electrons. The Morgan fingerprint density at radius 1 is 1.00 bits per heavy atom. The molecule has 0 unspecified atom stereocenters. The van der Waals surface area contributed by atoms with Crippen molar-refractivity contribution in [3.8, 4) is 0 Å². The van der Waals surface area contributed by atoms with E-state index in [1.165, 1.54) is 7.11 Å². The second kappa shape index (κ2) is 7.06. The second-order valence-electron chi connectivity index (χ2n) is 15.3. The normalized spacial score (nSPS) is 48.9. The molecule has 39 heavy (non-hydrogen) atoms. The molecule has 0 aromatic carbocycles. The molecule has 6 aliphatic rings. The predicted molar refractivity (Wildman–Crippen MR) is 141 cm³/mol. The monoisotopic (exact) mass is 535 g/mol. The van der Waals surface area contributed by atoms with Crippen molar-refractivity contribution in [1.29, 1.82) is 0 Å². The summed E-state index contributed by atoms with van der Waals surface area (Å²) in [7, 11) is 1.42. The number of ketones is 1. The molecule has 5 aliphatic carbocycles. The van der Waals surface area contributed by atoms with Crippen LogP contribution >= 0.6 is 0 Å². The third kappa shape index (κ3) is 2.50. The summed E-state index contributed by atoms with van der Waals surface area (Å²) in [5.41, 5.74) is -2.05. The number of hydrogen-bond donors (Lipinski definition) is 0. The van der Waals surface area contributed by atoms with Crippen LogP contribution in [0, 0.1) is 38.9 Å². The Bertz CT molecular complexity index is 1370. The van der Waals surface area contributed by atoms with E-state index in [4.69, 9.17) is 14.0 Å². The topological polar surface area (TPSA) is 95.7 Å². The van der Waals surface area contributed by atoms with Gasteiger partial charge in [-0.05, 0) is 86.5 Å². The van der Waals surface area contributed by atoms with E-state index in [0.717, 1.165) is 56.1 Å². The van der Waals surface area contributed by atoms with Crippen molar-refractivity contribution >= 4 is 17.7 Å². The Hall–Kier alpha value is -2.44. The number of carbonyl (C=O) groups excluding carboxylic acids is 3. The van der Waals surface area contributed by atoms with E-state index in [9.17, 15) is 14.4 Å². The summed E-state index contributed by atoms with van der Waals surface area (Å²) in [6, 6.07) is 0. The lowest BCUT2D eigenvalue weighted by molar-refractivity contribution is -0.208. The maximum Gasteiger partial charge on any atom is 0.319 e. The number of allylic oxidation sites excluding steroid dienone is 1. The van der Waals surface area contributed by atoms with Crippen LogP contribution in [0.25, 0.3) is 0 Å². The minimum Gasteiger partial charge on any atom is -0.468 e. The van der Waals surface area contributed by atoms with Gasteiger partial charge in [-0.25, -0.2) is 0 Å². The first-order chi connectivity index (χ1) is 18.2. The molecule has 7 rings (SSSR count). The quantitative estimate of drug-likeness (QED) is 0.438. The zero-order valence-corrected chi connectivity index (χ0v) is 24.4. The van der Waals surface area contributed by atoms with Crippen molar-refractivity contribution in [2.24, 2.45) is 38.9 Å². The highest BCUT2D eigenvalue weighted by Gasteiger charge is 2.82. The highest BCUT2D eigenvalue weighted by Crippen LogP contribution is 2.78. The Balaban J connectivity index is 1.44. The molecule has 2 heterocycles. The average Bonchev–Trinajstić information content (AvgIpc) is 3.41. The van der Waals surface area contributed by atoms with Crippen molar-refractivity contribution in [2.75, 3.05) is 7.11 Å². The van der Waals surface area contributed by atoms with Crippen LogP contribution in [-0.2, 0) is 35.7 Å². The van der Waals surface area contributed by atoms with Gasteiger partial charge in [0.2, 0.25) is 0 Å². The van der Waals surface area contributed by atoms with Crippen LogP contribution in [0.1, 0.15) is 97.8 Å². The number of hydrogen-bond acceptors (Lipinski definition) is 7. The van der Waals surface area contributed by atoms with Crippen molar-refractivity contribution in [2.45, 2.75) is 104 Å². The molecule has 4 fully saturated rings. The lowest BCUT2D eigenvalue weighted by atomic mass is 9.33. The summed E-state index contributed by atoms with van der Waals surface area (Å²) in [4.78, 5) is 41.9. The van der Waals surface area contributed by atoms with Crippen LogP contribution in [0.15, 0.2) is 22.4 Å². The van der Waals surface area contributed by atoms with Crippen molar-refractivity contribution < 1.29 is 28.4 Å². The maximum atomic E-state index is 14.7. The Morgan fingerprint density at radius 2 is 1.72 bits per heavy atom. The van der Waals surface area contributed by atoms with E-state index in [1.54, 1.807) is 6.20 Å². The molecular formula is C32H41NO6. The van der Waals surface area contributed by atoms with Gasteiger partial charge in [0.05, 0.1) is 18.7 Å². The highest BCUT2D eigenvalue weighted by atomic mass is 16.6. The van der Waals surface area contributed by atoms with Crippen molar-refractivity contribution in [3.05, 3.63) is 29.2 Å². The summed E-state index contributed by atoms with van der Waals surface area (Å²) in [5.74, 6) is -0.169. The first-order valence-corrected chi connectivity index (χ1v) is 14.7. The van der Waals surface area contributed by atoms with Gasteiger partial charge < -0.3 is 14.0 Å². The lowest BCUT2D eigenvalue weighted by Crippen LogP contribution is -2.72. The summed E-state index contributed by atoms with van der Waals surface area (Å²) in [6.07, 6.45) is 9.94. The summed E-state index contributed by atoms with van der Waals surface area (Å²) in [6.45, 7) is 13.2.